The summed E-state index contributed by atoms with van der Waals surface area (Å²) in [5, 5.41) is 3.12. The molecule has 13 heavy (non-hydrogen) atoms. The van der Waals surface area contributed by atoms with Gasteiger partial charge in [0.25, 0.3) is 0 Å². The van der Waals surface area contributed by atoms with Crippen LogP contribution in [0.25, 0.3) is 0 Å². The summed E-state index contributed by atoms with van der Waals surface area (Å²) in [6, 6.07) is 0. The minimum absolute atomic E-state index is 0.0956. The van der Waals surface area contributed by atoms with E-state index < -0.39 is 9.84 Å². The van der Waals surface area contributed by atoms with Crippen molar-refractivity contribution in [2.24, 2.45) is 11.3 Å². The zero-order chi connectivity index (χ0) is 10.1. The molecule has 1 saturated heterocycles. The van der Waals surface area contributed by atoms with Crippen LogP contribution >= 0.6 is 0 Å². The molecule has 0 amide bonds. The van der Waals surface area contributed by atoms with Crippen molar-refractivity contribution in [2.75, 3.05) is 25.1 Å². The molecule has 1 unspecified atom stereocenters. The molecule has 0 bridgehead atoms. The fourth-order valence-corrected chi connectivity index (χ4v) is 4.05. The predicted octanol–water partition coefficient (Wildman–Crippen LogP) is 0.667. The van der Waals surface area contributed by atoms with Crippen LogP contribution in [-0.4, -0.2) is 33.5 Å². The molecule has 1 aliphatic heterocycles. The van der Waals surface area contributed by atoms with Crippen LogP contribution < -0.4 is 5.32 Å². The van der Waals surface area contributed by atoms with Crippen LogP contribution in [0.2, 0.25) is 0 Å². The van der Waals surface area contributed by atoms with Crippen LogP contribution in [0.5, 0.6) is 0 Å². The molecule has 0 aliphatic carbocycles. The highest BCUT2D eigenvalue weighted by Crippen LogP contribution is 2.34. The standard InChI is InChI=1S/C9H19NO2S/c1-9(2,7-10-3)8-4-5-13(11,12)6-8/h8,10H,4-7H2,1-3H3. The Morgan fingerprint density at radius 1 is 1.46 bits per heavy atom. The van der Waals surface area contributed by atoms with Gasteiger partial charge in [0.2, 0.25) is 0 Å². The molecular weight excluding hydrogens is 186 g/mol. The number of nitrogens with one attached hydrogen (secondary N) is 1. The van der Waals surface area contributed by atoms with Crippen LogP contribution in [0, 0.1) is 11.3 Å². The Bertz CT molecular complexity index is 269. The zero-order valence-corrected chi connectivity index (χ0v) is 9.45. The molecule has 1 atom stereocenters. The molecule has 0 aromatic rings. The molecule has 0 spiro atoms. The van der Waals surface area contributed by atoms with Crippen molar-refractivity contribution in [3.63, 3.8) is 0 Å². The third-order valence-electron chi connectivity index (χ3n) is 2.97. The molecule has 0 radical (unpaired) electrons. The van der Waals surface area contributed by atoms with Gasteiger partial charge < -0.3 is 5.32 Å². The van der Waals surface area contributed by atoms with Crippen molar-refractivity contribution >= 4 is 9.84 Å². The normalized spacial score (nSPS) is 27.8. The lowest BCUT2D eigenvalue weighted by molar-refractivity contribution is 0.231. The Kier molecular flexibility index (Phi) is 3.02. The molecule has 0 aromatic heterocycles. The van der Waals surface area contributed by atoms with Crippen LogP contribution in [0.1, 0.15) is 20.3 Å². The van der Waals surface area contributed by atoms with Gasteiger partial charge in [0.15, 0.2) is 9.84 Å². The Hall–Kier alpha value is -0.0900. The van der Waals surface area contributed by atoms with E-state index in [9.17, 15) is 8.42 Å². The van der Waals surface area contributed by atoms with Crippen molar-refractivity contribution in [3.8, 4) is 0 Å². The fraction of sp³-hybridized carbons (Fsp3) is 1.00. The average molecular weight is 205 g/mol. The van der Waals surface area contributed by atoms with E-state index in [1.54, 1.807) is 0 Å². The third-order valence-corrected chi connectivity index (χ3v) is 4.74. The van der Waals surface area contributed by atoms with Gasteiger partial charge in [0.05, 0.1) is 11.5 Å². The fourth-order valence-electron chi connectivity index (χ4n) is 2.01. The van der Waals surface area contributed by atoms with Crippen molar-refractivity contribution in [1.82, 2.24) is 5.32 Å². The van der Waals surface area contributed by atoms with Gasteiger partial charge in [-0.1, -0.05) is 13.8 Å². The Morgan fingerprint density at radius 2 is 2.08 bits per heavy atom. The molecule has 1 aliphatic rings. The van der Waals surface area contributed by atoms with Crippen molar-refractivity contribution in [3.05, 3.63) is 0 Å². The smallest absolute Gasteiger partial charge is 0.150 e. The van der Waals surface area contributed by atoms with E-state index in [1.807, 2.05) is 7.05 Å². The maximum Gasteiger partial charge on any atom is 0.150 e. The van der Waals surface area contributed by atoms with Gasteiger partial charge in [-0.3, -0.25) is 0 Å². The van der Waals surface area contributed by atoms with E-state index in [0.29, 0.717) is 17.4 Å². The first-order chi connectivity index (χ1) is 5.87. The topological polar surface area (TPSA) is 46.2 Å². The molecule has 0 saturated carbocycles. The van der Waals surface area contributed by atoms with Gasteiger partial charge in [-0.15, -0.1) is 0 Å². The van der Waals surface area contributed by atoms with E-state index in [2.05, 4.69) is 19.2 Å². The zero-order valence-electron chi connectivity index (χ0n) is 8.63. The molecule has 3 nitrogen and oxygen atoms in total. The summed E-state index contributed by atoms with van der Waals surface area (Å²) in [6.45, 7) is 5.15. The first-order valence-electron chi connectivity index (χ1n) is 4.72. The van der Waals surface area contributed by atoms with Gasteiger partial charge in [-0.05, 0) is 24.8 Å². The summed E-state index contributed by atoms with van der Waals surface area (Å²) >= 11 is 0. The summed E-state index contributed by atoms with van der Waals surface area (Å²) in [6.07, 6.45) is 0.830. The highest BCUT2D eigenvalue weighted by atomic mass is 32.2. The van der Waals surface area contributed by atoms with E-state index in [4.69, 9.17) is 0 Å². The maximum absolute atomic E-state index is 11.3. The summed E-state index contributed by atoms with van der Waals surface area (Å²) in [5.74, 6) is 1.08. The number of rotatable bonds is 3. The minimum Gasteiger partial charge on any atom is -0.319 e. The molecule has 4 heteroatoms. The van der Waals surface area contributed by atoms with E-state index in [0.717, 1.165) is 13.0 Å². The van der Waals surface area contributed by atoms with Crippen molar-refractivity contribution < 1.29 is 8.42 Å². The quantitative estimate of drug-likeness (QED) is 0.736. The van der Waals surface area contributed by atoms with Gasteiger partial charge in [0, 0.05) is 6.54 Å². The number of hydrogen-bond acceptors (Lipinski definition) is 3. The summed E-state index contributed by atoms with van der Waals surface area (Å²) < 4.78 is 22.5. The lowest BCUT2D eigenvalue weighted by Gasteiger charge is -2.30. The van der Waals surface area contributed by atoms with E-state index in [1.165, 1.54) is 0 Å². The van der Waals surface area contributed by atoms with Crippen molar-refractivity contribution in [1.29, 1.82) is 0 Å². The van der Waals surface area contributed by atoms with Gasteiger partial charge in [-0.25, -0.2) is 8.42 Å². The SMILES string of the molecule is CNCC(C)(C)C1CCS(=O)(=O)C1. The second-order valence-corrected chi connectivity index (χ2v) is 6.85. The predicted molar refractivity (Wildman–Crippen MR) is 54.5 cm³/mol. The first-order valence-corrected chi connectivity index (χ1v) is 6.54. The maximum atomic E-state index is 11.3. The Labute approximate surface area is 80.8 Å². The van der Waals surface area contributed by atoms with Crippen LogP contribution in [0.3, 0.4) is 0 Å². The van der Waals surface area contributed by atoms with E-state index >= 15 is 0 Å². The van der Waals surface area contributed by atoms with Crippen LogP contribution in [0.15, 0.2) is 0 Å². The average Bonchev–Trinajstić information content (AvgIpc) is 2.30. The number of sulfone groups is 1. The lowest BCUT2D eigenvalue weighted by atomic mass is 9.78. The molecule has 1 N–H and O–H groups in total. The van der Waals surface area contributed by atoms with Crippen molar-refractivity contribution in [2.45, 2.75) is 20.3 Å². The Balaban J connectivity index is 2.65. The van der Waals surface area contributed by atoms with Crippen LogP contribution in [-0.2, 0) is 9.84 Å². The molecule has 1 fully saturated rings. The summed E-state index contributed by atoms with van der Waals surface area (Å²) in [4.78, 5) is 0. The second kappa shape index (κ2) is 3.58. The second-order valence-electron chi connectivity index (χ2n) is 4.62. The minimum atomic E-state index is -2.72. The number of hydrogen-bond donors (Lipinski definition) is 1. The molecule has 1 heterocycles. The highest BCUT2D eigenvalue weighted by Gasteiger charge is 2.37. The summed E-state index contributed by atoms with van der Waals surface area (Å²) in [7, 11) is -0.817. The van der Waals surface area contributed by atoms with Gasteiger partial charge in [0.1, 0.15) is 0 Å². The molecular formula is C9H19NO2S. The Morgan fingerprint density at radius 3 is 2.46 bits per heavy atom. The molecule has 1 rings (SSSR count). The summed E-state index contributed by atoms with van der Waals surface area (Å²) in [5.41, 5.74) is 0.0956. The molecule has 0 aromatic carbocycles. The van der Waals surface area contributed by atoms with Crippen LogP contribution in [0.4, 0.5) is 0 Å². The lowest BCUT2D eigenvalue weighted by Crippen LogP contribution is -2.34. The van der Waals surface area contributed by atoms with E-state index in [-0.39, 0.29) is 5.41 Å². The third kappa shape index (κ3) is 2.68. The van der Waals surface area contributed by atoms with Gasteiger partial charge >= 0.3 is 0 Å². The highest BCUT2D eigenvalue weighted by molar-refractivity contribution is 7.91. The monoisotopic (exact) mass is 205 g/mol. The molecule has 78 valence electrons. The van der Waals surface area contributed by atoms with Gasteiger partial charge in [-0.2, -0.15) is 0 Å². The first kappa shape index (κ1) is 11.0. The largest absolute Gasteiger partial charge is 0.319 e.